The Balaban J connectivity index is 1.52. The molecule has 120 valence electrons. The van der Waals surface area contributed by atoms with Gasteiger partial charge in [-0.2, -0.15) is 0 Å². The molecule has 1 aliphatic rings. The highest BCUT2D eigenvalue weighted by Gasteiger charge is 2.27. The number of imidazole rings is 1. The molecule has 3 aromatic heterocycles. The molecule has 0 amide bonds. The largest absolute Gasteiger partial charge is 0.347 e. The van der Waals surface area contributed by atoms with Gasteiger partial charge in [0.25, 0.3) is 0 Å². The highest BCUT2D eigenvalue weighted by molar-refractivity contribution is 7.13. The van der Waals surface area contributed by atoms with Crippen molar-refractivity contribution in [3.8, 4) is 0 Å². The van der Waals surface area contributed by atoms with Gasteiger partial charge in [-0.1, -0.05) is 0 Å². The van der Waals surface area contributed by atoms with E-state index in [4.69, 9.17) is 0 Å². The highest BCUT2D eigenvalue weighted by atomic mass is 32.1. The van der Waals surface area contributed by atoms with Crippen molar-refractivity contribution in [2.24, 2.45) is 7.05 Å². The quantitative estimate of drug-likeness (QED) is 0.731. The molecule has 0 aliphatic carbocycles. The van der Waals surface area contributed by atoms with Gasteiger partial charge in [-0.25, -0.2) is 9.97 Å². The minimum atomic E-state index is 0.404. The lowest BCUT2D eigenvalue weighted by atomic mass is 9.97. The molecule has 0 aromatic carbocycles. The summed E-state index contributed by atoms with van der Waals surface area (Å²) in [6.45, 7) is 2.74. The van der Waals surface area contributed by atoms with Crippen molar-refractivity contribution >= 4 is 16.5 Å². The number of hydrogen-bond donors (Lipinski definition) is 0. The Morgan fingerprint density at radius 1 is 1.30 bits per heavy atom. The molecule has 0 saturated carbocycles. The SMILES string of the molecule is Cn1c(Cn2ccnc2)nnc1[C@H]1CCCN(c2nccs2)C1. The van der Waals surface area contributed by atoms with Crippen molar-refractivity contribution in [1.29, 1.82) is 0 Å². The van der Waals surface area contributed by atoms with E-state index in [0.29, 0.717) is 12.5 Å². The van der Waals surface area contributed by atoms with Gasteiger partial charge < -0.3 is 14.0 Å². The number of hydrogen-bond acceptors (Lipinski definition) is 6. The van der Waals surface area contributed by atoms with Gasteiger partial charge in [-0.3, -0.25) is 0 Å². The fourth-order valence-corrected chi connectivity index (χ4v) is 3.83. The highest BCUT2D eigenvalue weighted by Crippen LogP contribution is 2.30. The van der Waals surface area contributed by atoms with E-state index in [0.717, 1.165) is 42.7 Å². The second-order valence-electron chi connectivity index (χ2n) is 5.87. The molecule has 4 rings (SSSR count). The standard InChI is InChI=1S/C15H19N7S/c1-20-13(10-21-7-4-16-11-21)18-19-14(20)12-3-2-6-22(9-12)15-17-5-8-23-15/h4-5,7-8,11-12H,2-3,6,9-10H2,1H3/t12-/m0/s1. The maximum Gasteiger partial charge on any atom is 0.185 e. The van der Waals surface area contributed by atoms with E-state index >= 15 is 0 Å². The summed E-state index contributed by atoms with van der Waals surface area (Å²) in [7, 11) is 2.06. The van der Waals surface area contributed by atoms with Gasteiger partial charge in [0.05, 0.1) is 12.9 Å². The molecule has 1 atom stereocenters. The Morgan fingerprint density at radius 3 is 3.04 bits per heavy atom. The van der Waals surface area contributed by atoms with Gasteiger partial charge in [-0.15, -0.1) is 21.5 Å². The lowest BCUT2D eigenvalue weighted by Gasteiger charge is -2.31. The summed E-state index contributed by atoms with van der Waals surface area (Å²) < 4.78 is 4.15. The average Bonchev–Trinajstić information content (AvgIpc) is 3.32. The number of nitrogens with zero attached hydrogens (tertiary/aromatic N) is 7. The van der Waals surface area contributed by atoms with Crippen LogP contribution in [0.4, 0.5) is 5.13 Å². The third kappa shape index (κ3) is 2.86. The van der Waals surface area contributed by atoms with Crippen molar-refractivity contribution in [3.05, 3.63) is 41.9 Å². The molecule has 4 heterocycles. The first-order valence-electron chi connectivity index (χ1n) is 7.79. The molecule has 0 unspecified atom stereocenters. The molecule has 8 heteroatoms. The van der Waals surface area contributed by atoms with E-state index < -0.39 is 0 Å². The van der Waals surface area contributed by atoms with Crippen LogP contribution in [0.25, 0.3) is 0 Å². The summed E-state index contributed by atoms with van der Waals surface area (Å²) in [6.07, 6.45) is 9.71. The summed E-state index contributed by atoms with van der Waals surface area (Å²) in [4.78, 5) is 10.9. The van der Waals surface area contributed by atoms with E-state index in [1.165, 1.54) is 0 Å². The first kappa shape index (κ1) is 14.4. The molecule has 7 nitrogen and oxygen atoms in total. The number of aromatic nitrogens is 6. The second-order valence-corrected chi connectivity index (χ2v) is 6.74. The lowest BCUT2D eigenvalue weighted by molar-refractivity contribution is 0.477. The summed E-state index contributed by atoms with van der Waals surface area (Å²) in [5.41, 5.74) is 0. The fraction of sp³-hybridized carbons (Fsp3) is 0.467. The lowest BCUT2D eigenvalue weighted by Crippen LogP contribution is -2.35. The fourth-order valence-electron chi connectivity index (χ4n) is 3.15. The minimum absolute atomic E-state index is 0.404. The average molecular weight is 329 g/mol. The number of anilines is 1. The van der Waals surface area contributed by atoms with Gasteiger partial charge >= 0.3 is 0 Å². The van der Waals surface area contributed by atoms with Crippen LogP contribution in [0, 0.1) is 0 Å². The van der Waals surface area contributed by atoms with E-state index in [1.54, 1.807) is 23.9 Å². The molecular formula is C15H19N7S. The molecule has 0 spiro atoms. The Bertz CT molecular complexity index is 747. The van der Waals surface area contributed by atoms with Crippen LogP contribution < -0.4 is 4.90 Å². The van der Waals surface area contributed by atoms with Crippen LogP contribution in [-0.2, 0) is 13.6 Å². The predicted octanol–water partition coefficient (Wildman–Crippen LogP) is 1.90. The topological polar surface area (TPSA) is 64.7 Å². The van der Waals surface area contributed by atoms with Crippen LogP contribution in [0.15, 0.2) is 30.3 Å². The maximum absolute atomic E-state index is 4.47. The van der Waals surface area contributed by atoms with Crippen LogP contribution in [-0.4, -0.2) is 42.4 Å². The van der Waals surface area contributed by atoms with E-state index in [9.17, 15) is 0 Å². The molecule has 0 N–H and O–H groups in total. The minimum Gasteiger partial charge on any atom is -0.347 e. The molecule has 1 saturated heterocycles. The van der Waals surface area contributed by atoms with Crippen LogP contribution in [0.2, 0.25) is 0 Å². The van der Waals surface area contributed by atoms with Crippen molar-refractivity contribution in [2.75, 3.05) is 18.0 Å². The van der Waals surface area contributed by atoms with Crippen molar-refractivity contribution < 1.29 is 0 Å². The second kappa shape index (κ2) is 6.11. The van der Waals surface area contributed by atoms with Crippen LogP contribution in [0.5, 0.6) is 0 Å². The zero-order valence-electron chi connectivity index (χ0n) is 13.0. The van der Waals surface area contributed by atoms with Gasteiger partial charge in [0, 0.05) is 50.0 Å². The summed E-state index contributed by atoms with van der Waals surface area (Å²) in [5.74, 6) is 2.44. The molecule has 3 aromatic rings. The summed E-state index contributed by atoms with van der Waals surface area (Å²) >= 11 is 1.70. The van der Waals surface area contributed by atoms with Gasteiger partial charge in [0.15, 0.2) is 11.0 Å². The van der Waals surface area contributed by atoms with Crippen LogP contribution >= 0.6 is 11.3 Å². The molecule has 0 radical (unpaired) electrons. The van der Waals surface area contributed by atoms with Crippen molar-refractivity contribution in [2.45, 2.75) is 25.3 Å². The van der Waals surface area contributed by atoms with E-state index in [1.807, 2.05) is 22.3 Å². The Hall–Kier alpha value is -2.22. The summed E-state index contributed by atoms with van der Waals surface area (Å²) in [5, 5.41) is 12.0. The number of thiazole rings is 1. The van der Waals surface area contributed by atoms with Crippen molar-refractivity contribution in [1.82, 2.24) is 29.3 Å². The maximum atomic E-state index is 4.47. The van der Waals surface area contributed by atoms with E-state index in [-0.39, 0.29) is 0 Å². The summed E-state index contributed by atoms with van der Waals surface area (Å²) in [6, 6.07) is 0. The molecule has 1 fully saturated rings. The number of piperidine rings is 1. The Morgan fingerprint density at radius 2 is 2.26 bits per heavy atom. The number of rotatable bonds is 4. The van der Waals surface area contributed by atoms with Gasteiger partial charge in [0.1, 0.15) is 5.82 Å². The molecule has 1 aliphatic heterocycles. The van der Waals surface area contributed by atoms with E-state index in [2.05, 4.69) is 36.7 Å². The Kier molecular flexibility index (Phi) is 3.82. The van der Waals surface area contributed by atoms with Crippen molar-refractivity contribution in [3.63, 3.8) is 0 Å². The normalized spacial score (nSPS) is 18.5. The molecule has 23 heavy (non-hydrogen) atoms. The predicted molar refractivity (Wildman–Crippen MR) is 88.6 cm³/mol. The monoisotopic (exact) mass is 329 g/mol. The van der Waals surface area contributed by atoms with Crippen LogP contribution in [0.1, 0.15) is 30.4 Å². The van der Waals surface area contributed by atoms with Gasteiger partial charge in [0.2, 0.25) is 0 Å². The zero-order chi connectivity index (χ0) is 15.6. The molecule has 0 bridgehead atoms. The molecular weight excluding hydrogens is 310 g/mol. The van der Waals surface area contributed by atoms with Gasteiger partial charge in [-0.05, 0) is 12.8 Å². The third-order valence-corrected chi connectivity index (χ3v) is 5.19. The van der Waals surface area contributed by atoms with Crippen LogP contribution in [0.3, 0.4) is 0 Å². The smallest absolute Gasteiger partial charge is 0.185 e. The first-order valence-corrected chi connectivity index (χ1v) is 8.67. The Labute approximate surface area is 138 Å². The first-order chi connectivity index (χ1) is 11.3. The third-order valence-electron chi connectivity index (χ3n) is 4.36. The zero-order valence-corrected chi connectivity index (χ0v) is 13.9.